The van der Waals surface area contributed by atoms with Crippen LogP contribution in [-0.4, -0.2) is 35.2 Å². The van der Waals surface area contributed by atoms with Crippen molar-refractivity contribution in [1.82, 2.24) is 0 Å². The second-order valence-corrected chi connectivity index (χ2v) is 7.22. The highest BCUT2D eigenvalue weighted by Crippen LogP contribution is 2.36. The number of ether oxygens (including phenoxy) is 1. The third kappa shape index (κ3) is 2.88. The maximum Gasteiger partial charge on any atom is 0.271 e. The molecule has 0 saturated heterocycles. The van der Waals surface area contributed by atoms with Crippen LogP contribution in [0.4, 0.5) is 5.69 Å². The molecule has 0 aromatic heterocycles. The lowest BCUT2D eigenvalue weighted by Crippen LogP contribution is -2.41. The Morgan fingerprint density at radius 1 is 1.15 bits per heavy atom. The number of aryl methyl sites for hydroxylation is 1. The van der Waals surface area contributed by atoms with Crippen LogP contribution in [0.3, 0.4) is 0 Å². The molecule has 136 valence electrons. The highest BCUT2D eigenvalue weighted by molar-refractivity contribution is 5.96. The number of β-amino-alcohol motifs (C(OH)–C–C–N with tert-alkyl or cyclic N) is 1. The SMILES string of the molecule is CCOc1ccc(C2(O)CN(c3cccc(C)c3)C3=[N+]2CCCC3)cc1. The first-order valence-electron chi connectivity index (χ1n) is 9.55. The van der Waals surface area contributed by atoms with Gasteiger partial charge >= 0.3 is 0 Å². The van der Waals surface area contributed by atoms with Crippen molar-refractivity contribution in [2.75, 3.05) is 24.6 Å². The van der Waals surface area contributed by atoms with Gasteiger partial charge in [0.1, 0.15) is 11.4 Å². The van der Waals surface area contributed by atoms with Gasteiger partial charge in [-0.2, -0.15) is 0 Å². The molecule has 4 rings (SSSR count). The lowest BCUT2D eigenvalue weighted by Gasteiger charge is -2.24. The molecule has 4 heteroatoms. The number of nitrogens with zero attached hydrogens (tertiary/aromatic N) is 2. The fraction of sp³-hybridized carbons (Fsp3) is 0.409. The van der Waals surface area contributed by atoms with E-state index in [4.69, 9.17) is 4.74 Å². The number of benzene rings is 2. The number of rotatable bonds is 4. The van der Waals surface area contributed by atoms with Crippen LogP contribution in [0.5, 0.6) is 5.75 Å². The Bertz CT molecular complexity index is 828. The van der Waals surface area contributed by atoms with E-state index in [0.717, 1.165) is 36.4 Å². The predicted molar refractivity (Wildman–Crippen MR) is 104 cm³/mol. The molecule has 2 aliphatic rings. The molecule has 2 aromatic rings. The summed E-state index contributed by atoms with van der Waals surface area (Å²) in [5, 5.41) is 11.7. The van der Waals surface area contributed by atoms with Crippen molar-refractivity contribution >= 4 is 11.5 Å². The van der Waals surface area contributed by atoms with Gasteiger partial charge in [0.2, 0.25) is 0 Å². The first-order valence-corrected chi connectivity index (χ1v) is 9.55. The van der Waals surface area contributed by atoms with Gasteiger partial charge in [0.05, 0.1) is 13.2 Å². The van der Waals surface area contributed by atoms with Crippen molar-refractivity contribution in [2.45, 2.75) is 38.8 Å². The third-order valence-electron chi connectivity index (χ3n) is 5.42. The normalized spacial score (nSPS) is 22.5. The molecule has 1 N–H and O–H groups in total. The molecule has 0 spiro atoms. The van der Waals surface area contributed by atoms with Crippen LogP contribution in [0.1, 0.15) is 37.3 Å². The largest absolute Gasteiger partial charge is 0.494 e. The molecule has 0 saturated carbocycles. The van der Waals surface area contributed by atoms with Crippen LogP contribution in [-0.2, 0) is 5.72 Å². The molecule has 2 aromatic carbocycles. The summed E-state index contributed by atoms with van der Waals surface area (Å²) in [6.45, 7) is 6.19. The molecule has 26 heavy (non-hydrogen) atoms. The zero-order valence-electron chi connectivity index (χ0n) is 15.6. The summed E-state index contributed by atoms with van der Waals surface area (Å²) >= 11 is 0. The van der Waals surface area contributed by atoms with Crippen LogP contribution in [0.25, 0.3) is 0 Å². The van der Waals surface area contributed by atoms with Crippen molar-refractivity contribution in [3.63, 3.8) is 0 Å². The van der Waals surface area contributed by atoms with Gasteiger partial charge in [-0.15, -0.1) is 0 Å². The molecule has 2 aliphatic heterocycles. The van der Waals surface area contributed by atoms with Gasteiger partial charge in [-0.05, 0) is 68.7 Å². The average Bonchev–Trinajstić information content (AvgIpc) is 2.97. The fourth-order valence-electron chi connectivity index (χ4n) is 4.16. The van der Waals surface area contributed by atoms with Gasteiger partial charge in [0.25, 0.3) is 11.6 Å². The van der Waals surface area contributed by atoms with Crippen LogP contribution in [0.2, 0.25) is 0 Å². The molecular weight excluding hydrogens is 324 g/mol. The highest BCUT2D eigenvalue weighted by Gasteiger charge is 2.52. The molecule has 4 nitrogen and oxygen atoms in total. The molecule has 0 aliphatic carbocycles. The average molecular weight is 351 g/mol. The second kappa shape index (κ2) is 6.76. The maximum absolute atomic E-state index is 11.7. The number of aliphatic hydroxyl groups is 1. The van der Waals surface area contributed by atoms with Crippen LogP contribution in [0.15, 0.2) is 48.5 Å². The first-order chi connectivity index (χ1) is 12.6. The van der Waals surface area contributed by atoms with Crippen LogP contribution < -0.4 is 9.64 Å². The zero-order valence-corrected chi connectivity index (χ0v) is 15.6. The number of amidine groups is 1. The van der Waals surface area contributed by atoms with Gasteiger partial charge in [-0.25, -0.2) is 9.48 Å². The van der Waals surface area contributed by atoms with Crippen LogP contribution >= 0.6 is 0 Å². The standard InChI is InChI=1S/C22H27N2O2/c1-3-26-20-12-10-18(11-13-20)22(25)16-23(19-8-6-7-17(2)15-19)21-9-4-5-14-24(21)22/h6-8,10-13,15,25H,3-5,9,14,16H2,1-2H3/q+1. The molecule has 1 unspecified atom stereocenters. The van der Waals surface area contributed by atoms with E-state index in [9.17, 15) is 5.11 Å². The summed E-state index contributed by atoms with van der Waals surface area (Å²) in [7, 11) is 0. The number of anilines is 1. The van der Waals surface area contributed by atoms with Crippen molar-refractivity contribution in [3.05, 3.63) is 59.7 Å². The van der Waals surface area contributed by atoms with Gasteiger partial charge in [0, 0.05) is 12.0 Å². The Hall–Kier alpha value is -2.33. The molecule has 2 heterocycles. The highest BCUT2D eigenvalue weighted by atomic mass is 16.5. The summed E-state index contributed by atoms with van der Waals surface area (Å²) in [5.74, 6) is 2.08. The molecular formula is C22H27N2O2+. The second-order valence-electron chi connectivity index (χ2n) is 7.22. The van der Waals surface area contributed by atoms with Crippen molar-refractivity contribution in [1.29, 1.82) is 0 Å². The lowest BCUT2D eigenvalue weighted by atomic mass is 10.0. The minimum Gasteiger partial charge on any atom is -0.494 e. The Morgan fingerprint density at radius 3 is 2.69 bits per heavy atom. The Morgan fingerprint density at radius 2 is 1.96 bits per heavy atom. The number of hydrogen-bond donors (Lipinski definition) is 1. The van der Waals surface area contributed by atoms with Gasteiger partial charge in [-0.3, -0.25) is 0 Å². The van der Waals surface area contributed by atoms with E-state index in [0.29, 0.717) is 13.2 Å². The van der Waals surface area contributed by atoms with Crippen LogP contribution in [0, 0.1) is 6.92 Å². The fourth-order valence-corrected chi connectivity index (χ4v) is 4.16. The molecule has 0 bridgehead atoms. The molecule has 1 atom stereocenters. The quantitative estimate of drug-likeness (QED) is 0.854. The smallest absolute Gasteiger partial charge is 0.271 e. The van der Waals surface area contributed by atoms with E-state index < -0.39 is 5.72 Å². The van der Waals surface area contributed by atoms with E-state index in [1.54, 1.807) is 0 Å². The summed E-state index contributed by atoms with van der Waals surface area (Å²) in [6.07, 6.45) is 3.30. The lowest BCUT2D eigenvalue weighted by molar-refractivity contribution is -0.661. The van der Waals surface area contributed by atoms with E-state index in [-0.39, 0.29) is 0 Å². The zero-order chi connectivity index (χ0) is 18.1. The summed E-state index contributed by atoms with van der Waals surface area (Å²) in [4.78, 5) is 2.29. The van der Waals surface area contributed by atoms with Gasteiger partial charge in [0.15, 0.2) is 6.54 Å². The van der Waals surface area contributed by atoms with Gasteiger partial charge < -0.3 is 9.84 Å². The van der Waals surface area contributed by atoms with E-state index >= 15 is 0 Å². The maximum atomic E-state index is 11.7. The minimum absolute atomic E-state index is 0.555. The topological polar surface area (TPSA) is 35.7 Å². The molecule has 0 fully saturated rings. The minimum atomic E-state index is -0.996. The number of hydrogen-bond acceptors (Lipinski definition) is 3. The third-order valence-corrected chi connectivity index (χ3v) is 5.42. The summed E-state index contributed by atoms with van der Waals surface area (Å²) in [5.41, 5.74) is 2.33. The molecule has 0 amide bonds. The van der Waals surface area contributed by atoms with E-state index in [2.05, 4.69) is 40.7 Å². The van der Waals surface area contributed by atoms with Crippen molar-refractivity contribution in [3.8, 4) is 5.75 Å². The summed E-state index contributed by atoms with van der Waals surface area (Å²) in [6, 6.07) is 16.4. The van der Waals surface area contributed by atoms with Gasteiger partial charge in [-0.1, -0.05) is 12.1 Å². The monoisotopic (exact) mass is 351 g/mol. The predicted octanol–water partition coefficient (Wildman–Crippen LogP) is 3.65. The Labute approximate surface area is 155 Å². The van der Waals surface area contributed by atoms with Crippen molar-refractivity contribution < 1.29 is 14.4 Å². The molecule has 0 radical (unpaired) electrons. The Kier molecular flexibility index (Phi) is 4.45. The van der Waals surface area contributed by atoms with E-state index in [1.807, 2.05) is 31.2 Å². The first kappa shape index (κ1) is 17.1. The van der Waals surface area contributed by atoms with Crippen molar-refractivity contribution in [2.24, 2.45) is 0 Å². The summed E-state index contributed by atoms with van der Waals surface area (Å²) < 4.78 is 7.76. The Balaban J connectivity index is 1.73. The van der Waals surface area contributed by atoms with E-state index in [1.165, 1.54) is 17.8 Å².